The largest absolute Gasteiger partial charge is 0.362 e. The van der Waals surface area contributed by atoms with Crippen LogP contribution in [0.1, 0.15) is 46.7 Å². The Hall–Kier alpha value is -2.36. The third-order valence-corrected chi connectivity index (χ3v) is 3.94. The van der Waals surface area contributed by atoms with Gasteiger partial charge in [-0.15, -0.1) is 0 Å². The molecule has 1 heterocycles. The topological polar surface area (TPSA) is 62.0 Å². The van der Waals surface area contributed by atoms with Crippen molar-refractivity contribution in [3.8, 4) is 0 Å². The Morgan fingerprint density at radius 1 is 1.22 bits per heavy atom. The van der Waals surface area contributed by atoms with E-state index in [-0.39, 0.29) is 16.9 Å². The first-order chi connectivity index (χ1) is 10.8. The summed E-state index contributed by atoms with van der Waals surface area (Å²) in [4.78, 5) is 28.2. The molecule has 2 N–H and O–H groups in total. The maximum absolute atomic E-state index is 12.7. The number of aryl methyl sites for hydroxylation is 2. The van der Waals surface area contributed by atoms with Crippen LogP contribution in [0.15, 0.2) is 29.1 Å². The number of rotatable bonds is 4. The number of hydrogen-bond donors (Lipinski definition) is 2. The van der Waals surface area contributed by atoms with E-state index < -0.39 is 0 Å². The van der Waals surface area contributed by atoms with Gasteiger partial charge >= 0.3 is 0 Å². The SMILES string of the molecule is Cc1cc(=O)c(C(=O)Nc2cccc(C)c2C)c(CC(C)C)[nH]1. The molecule has 0 saturated carbocycles. The van der Waals surface area contributed by atoms with Crippen molar-refractivity contribution in [2.24, 2.45) is 5.92 Å². The highest BCUT2D eigenvalue weighted by Crippen LogP contribution is 2.19. The normalized spacial score (nSPS) is 10.9. The van der Waals surface area contributed by atoms with Crippen LogP contribution in [0.3, 0.4) is 0 Å². The van der Waals surface area contributed by atoms with E-state index in [1.165, 1.54) is 6.07 Å². The molecule has 4 heteroatoms. The van der Waals surface area contributed by atoms with E-state index in [1.807, 2.05) is 39.0 Å². The molecule has 0 radical (unpaired) electrons. The molecule has 0 unspecified atom stereocenters. The van der Waals surface area contributed by atoms with Gasteiger partial charge in [-0.1, -0.05) is 26.0 Å². The Kier molecular flexibility index (Phi) is 5.04. The van der Waals surface area contributed by atoms with Gasteiger partial charge in [0.05, 0.1) is 0 Å². The summed E-state index contributed by atoms with van der Waals surface area (Å²) in [5.41, 5.74) is 4.30. The van der Waals surface area contributed by atoms with Crippen molar-refractivity contribution in [1.29, 1.82) is 0 Å². The van der Waals surface area contributed by atoms with E-state index >= 15 is 0 Å². The quantitative estimate of drug-likeness (QED) is 0.903. The summed E-state index contributed by atoms with van der Waals surface area (Å²) in [5.74, 6) is -0.00435. The minimum Gasteiger partial charge on any atom is -0.362 e. The van der Waals surface area contributed by atoms with E-state index in [0.29, 0.717) is 18.0 Å². The molecule has 0 atom stereocenters. The zero-order valence-corrected chi connectivity index (χ0v) is 14.4. The summed E-state index contributed by atoms with van der Waals surface area (Å²) >= 11 is 0. The number of carbonyl (C=O) groups excluding carboxylic acids is 1. The minimum absolute atomic E-state index is 0.213. The third kappa shape index (κ3) is 3.89. The highest BCUT2D eigenvalue weighted by Gasteiger charge is 2.18. The van der Waals surface area contributed by atoms with E-state index in [1.54, 1.807) is 0 Å². The van der Waals surface area contributed by atoms with Crippen LogP contribution in [-0.4, -0.2) is 10.9 Å². The van der Waals surface area contributed by atoms with Crippen molar-refractivity contribution >= 4 is 11.6 Å². The van der Waals surface area contributed by atoms with Gasteiger partial charge in [0.1, 0.15) is 5.56 Å². The van der Waals surface area contributed by atoms with Gasteiger partial charge in [-0.25, -0.2) is 0 Å². The Balaban J connectivity index is 2.43. The Labute approximate surface area is 137 Å². The maximum Gasteiger partial charge on any atom is 0.261 e. The average molecular weight is 312 g/mol. The third-order valence-electron chi connectivity index (χ3n) is 3.94. The summed E-state index contributed by atoms with van der Waals surface area (Å²) < 4.78 is 0. The number of aromatic nitrogens is 1. The molecule has 122 valence electrons. The van der Waals surface area contributed by atoms with Gasteiger partial charge in [0.15, 0.2) is 5.43 Å². The van der Waals surface area contributed by atoms with Crippen LogP contribution in [0.2, 0.25) is 0 Å². The zero-order valence-electron chi connectivity index (χ0n) is 14.4. The molecule has 2 aromatic rings. The van der Waals surface area contributed by atoms with Crippen LogP contribution >= 0.6 is 0 Å². The molecule has 4 nitrogen and oxygen atoms in total. The summed E-state index contributed by atoms with van der Waals surface area (Å²) in [6, 6.07) is 7.22. The van der Waals surface area contributed by atoms with Crippen LogP contribution in [0.25, 0.3) is 0 Å². The predicted molar refractivity (Wildman–Crippen MR) is 94.2 cm³/mol. The highest BCUT2D eigenvalue weighted by atomic mass is 16.2. The first-order valence-corrected chi connectivity index (χ1v) is 7.90. The molecule has 2 rings (SSSR count). The van der Waals surface area contributed by atoms with Gasteiger partial charge < -0.3 is 10.3 Å². The molecule has 23 heavy (non-hydrogen) atoms. The van der Waals surface area contributed by atoms with Crippen LogP contribution in [0, 0.1) is 26.7 Å². The minimum atomic E-state index is -0.351. The van der Waals surface area contributed by atoms with Crippen molar-refractivity contribution < 1.29 is 4.79 Å². The molecule has 0 aliphatic rings. The summed E-state index contributed by atoms with van der Waals surface area (Å²) in [6.07, 6.45) is 0.659. The fourth-order valence-electron chi connectivity index (χ4n) is 2.64. The molecule has 0 bridgehead atoms. The lowest BCUT2D eigenvalue weighted by molar-refractivity contribution is 0.102. The van der Waals surface area contributed by atoms with Crippen molar-refractivity contribution in [3.05, 3.63) is 62.6 Å². The number of aromatic amines is 1. The van der Waals surface area contributed by atoms with Gasteiger partial charge in [-0.2, -0.15) is 0 Å². The number of amides is 1. The van der Waals surface area contributed by atoms with Gasteiger partial charge in [-0.05, 0) is 50.3 Å². The molecule has 1 aromatic heterocycles. The summed E-state index contributed by atoms with van der Waals surface area (Å²) in [7, 11) is 0. The molecule has 0 spiro atoms. The maximum atomic E-state index is 12.7. The first kappa shape index (κ1) is 17.0. The van der Waals surface area contributed by atoms with Gasteiger partial charge in [0.25, 0.3) is 5.91 Å². The van der Waals surface area contributed by atoms with Crippen LogP contribution in [0.5, 0.6) is 0 Å². The second kappa shape index (κ2) is 6.82. The Morgan fingerprint density at radius 3 is 2.57 bits per heavy atom. The first-order valence-electron chi connectivity index (χ1n) is 7.90. The molecule has 0 aliphatic heterocycles. The van der Waals surface area contributed by atoms with Crippen molar-refractivity contribution in [3.63, 3.8) is 0 Å². The Morgan fingerprint density at radius 2 is 1.91 bits per heavy atom. The molecular weight excluding hydrogens is 288 g/mol. The van der Waals surface area contributed by atoms with E-state index in [4.69, 9.17) is 0 Å². The monoisotopic (exact) mass is 312 g/mol. The molecule has 0 saturated heterocycles. The molecule has 0 fully saturated rings. The number of benzene rings is 1. The standard InChI is InChI=1S/C19H24N2O2/c1-11(2)9-16-18(17(22)10-13(4)20-16)19(23)21-15-8-6-7-12(3)14(15)5/h6-8,10-11H,9H2,1-5H3,(H,20,22)(H,21,23). The lowest BCUT2D eigenvalue weighted by Crippen LogP contribution is -2.26. The fourth-order valence-corrected chi connectivity index (χ4v) is 2.64. The smallest absolute Gasteiger partial charge is 0.261 e. The number of nitrogens with one attached hydrogen (secondary N) is 2. The van der Waals surface area contributed by atoms with Gasteiger partial charge in [0.2, 0.25) is 0 Å². The van der Waals surface area contributed by atoms with Crippen LogP contribution in [-0.2, 0) is 6.42 Å². The van der Waals surface area contributed by atoms with Crippen molar-refractivity contribution in [2.45, 2.75) is 41.0 Å². The van der Waals surface area contributed by atoms with Crippen molar-refractivity contribution in [1.82, 2.24) is 4.98 Å². The molecule has 1 amide bonds. The fraction of sp³-hybridized carbons (Fsp3) is 0.368. The molecule has 0 aliphatic carbocycles. The highest BCUT2D eigenvalue weighted by molar-refractivity contribution is 6.05. The van der Waals surface area contributed by atoms with Crippen molar-refractivity contribution in [2.75, 3.05) is 5.32 Å². The number of anilines is 1. The zero-order chi connectivity index (χ0) is 17.1. The second-order valence-corrected chi connectivity index (χ2v) is 6.47. The molecule has 1 aromatic carbocycles. The van der Waals surface area contributed by atoms with Crippen LogP contribution in [0.4, 0.5) is 5.69 Å². The van der Waals surface area contributed by atoms with Crippen LogP contribution < -0.4 is 10.7 Å². The van der Waals surface area contributed by atoms with Gasteiger partial charge in [-0.3, -0.25) is 9.59 Å². The van der Waals surface area contributed by atoms with E-state index in [2.05, 4.69) is 24.1 Å². The lowest BCUT2D eigenvalue weighted by Gasteiger charge is -2.14. The number of carbonyl (C=O) groups is 1. The summed E-state index contributed by atoms with van der Waals surface area (Å²) in [6.45, 7) is 9.91. The number of hydrogen-bond acceptors (Lipinski definition) is 2. The second-order valence-electron chi connectivity index (χ2n) is 6.47. The summed E-state index contributed by atoms with van der Waals surface area (Å²) in [5, 5.41) is 2.88. The predicted octanol–water partition coefficient (Wildman–Crippen LogP) is 3.75. The lowest BCUT2D eigenvalue weighted by atomic mass is 10.0. The molecular formula is C19H24N2O2. The average Bonchev–Trinajstić information content (AvgIpc) is 2.42. The number of H-pyrrole nitrogens is 1. The van der Waals surface area contributed by atoms with Gasteiger partial charge in [0, 0.05) is 23.1 Å². The van der Waals surface area contributed by atoms with E-state index in [0.717, 1.165) is 22.5 Å². The number of pyridine rings is 1. The van der Waals surface area contributed by atoms with E-state index in [9.17, 15) is 9.59 Å². The Bertz CT molecular complexity index is 788.